The Morgan fingerprint density at radius 2 is 2.10 bits per heavy atom. The highest BCUT2D eigenvalue weighted by atomic mass is 127. The number of ether oxygens (including phenoxy) is 1. The van der Waals surface area contributed by atoms with Crippen molar-refractivity contribution in [2.75, 3.05) is 59.0 Å². The summed E-state index contributed by atoms with van der Waals surface area (Å²) in [5.41, 5.74) is 0. The predicted molar refractivity (Wildman–Crippen MR) is 138 cm³/mol. The van der Waals surface area contributed by atoms with E-state index in [1.807, 2.05) is 11.3 Å². The largest absolute Gasteiger partial charge is 0.379 e. The van der Waals surface area contributed by atoms with Gasteiger partial charge in [0.05, 0.1) is 25.8 Å². The lowest BCUT2D eigenvalue weighted by Crippen LogP contribution is -2.42. The molecule has 2 saturated heterocycles. The number of morpholine rings is 1. The highest BCUT2D eigenvalue weighted by Gasteiger charge is 2.23. The fraction of sp³-hybridized carbons (Fsp3) is 0.773. The molecule has 2 N–H and O–H groups in total. The fourth-order valence-corrected chi connectivity index (χ4v) is 5.11. The quantitative estimate of drug-likeness (QED) is 0.214. The maximum atomic E-state index is 5.55. The van der Waals surface area contributed by atoms with Gasteiger partial charge in [0.2, 0.25) is 0 Å². The Morgan fingerprint density at radius 1 is 1.27 bits per heavy atom. The Kier molecular flexibility index (Phi) is 12.6. The topological polar surface area (TPSA) is 52.1 Å². The number of likely N-dealkylation sites (tertiary alicyclic amines) is 1. The van der Waals surface area contributed by atoms with E-state index in [4.69, 9.17) is 9.73 Å². The monoisotopic (exact) mass is 549 g/mol. The van der Waals surface area contributed by atoms with Gasteiger partial charge in [-0.1, -0.05) is 12.5 Å². The van der Waals surface area contributed by atoms with Crippen molar-refractivity contribution in [3.8, 4) is 0 Å². The van der Waals surface area contributed by atoms with E-state index in [1.165, 1.54) is 37.2 Å². The molecule has 0 spiro atoms. The third kappa shape index (κ3) is 8.26. The Labute approximate surface area is 203 Å². The minimum atomic E-state index is 0. The molecule has 0 amide bonds. The number of halogens is 1. The number of piperidine rings is 1. The van der Waals surface area contributed by atoms with E-state index in [0.29, 0.717) is 6.04 Å². The molecule has 8 heteroatoms. The van der Waals surface area contributed by atoms with Crippen molar-refractivity contribution in [2.24, 2.45) is 4.99 Å². The van der Waals surface area contributed by atoms with Crippen LogP contribution in [0.25, 0.3) is 0 Å². The number of aliphatic imine (C=N–C) groups is 1. The molecule has 6 nitrogen and oxygen atoms in total. The maximum absolute atomic E-state index is 5.55. The van der Waals surface area contributed by atoms with Crippen molar-refractivity contribution >= 4 is 41.3 Å². The molecule has 172 valence electrons. The van der Waals surface area contributed by atoms with Crippen LogP contribution in [0.5, 0.6) is 0 Å². The molecule has 3 rings (SSSR count). The Morgan fingerprint density at radius 3 is 2.80 bits per heavy atom. The molecule has 0 bridgehead atoms. The van der Waals surface area contributed by atoms with Crippen molar-refractivity contribution in [3.63, 3.8) is 0 Å². The van der Waals surface area contributed by atoms with Crippen LogP contribution >= 0.6 is 35.3 Å². The number of nitrogens with zero attached hydrogens (tertiary/aromatic N) is 3. The van der Waals surface area contributed by atoms with E-state index in [-0.39, 0.29) is 24.0 Å². The van der Waals surface area contributed by atoms with Gasteiger partial charge < -0.3 is 20.3 Å². The lowest BCUT2D eigenvalue weighted by Gasteiger charge is -2.33. The van der Waals surface area contributed by atoms with Gasteiger partial charge in [0.1, 0.15) is 0 Å². The van der Waals surface area contributed by atoms with Crippen molar-refractivity contribution in [2.45, 2.75) is 51.6 Å². The molecule has 1 aromatic rings. The third-order valence-electron chi connectivity index (χ3n) is 5.98. The number of rotatable bonds is 9. The Bertz CT molecular complexity index is 594. The zero-order valence-electron chi connectivity index (χ0n) is 18.6. The highest BCUT2D eigenvalue weighted by molar-refractivity contribution is 14.0. The van der Waals surface area contributed by atoms with Gasteiger partial charge in [-0.15, -0.1) is 35.3 Å². The smallest absolute Gasteiger partial charge is 0.191 e. The Hall–Kier alpha value is -0.420. The second-order valence-electron chi connectivity index (χ2n) is 8.06. The number of nitrogens with one attached hydrogen (secondary N) is 2. The molecule has 30 heavy (non-hydrogen) atoms. The third-order valence-corrected chi connectivity index (χ3v) is 6.95. The van der Waals surface area contributed by atoms with Crippen LogP contribution in [0.3, 0.4) is 0 Å². The number of thiophene rings is 1. The van der Waals surface area contributed by atoms with Crippen LogP contribution in [0.15, 0.2) is 22.5 Å². The van der Waals surface area contributed by atoms with Gasteiger partial charge in [-0.2, -0.15) is 0 Å². The van der Waals surface area contributed by atoms with Crippen LogP contribution in [-0.2, 0) is 4.74 Å². The Balaban J connectivity index is 0.00000320. The molecule has 0 saturated carbocycles. The summed E-state index contributed by atoms with van der Waals surface area (Å²) in [5, 5.41) is 9.13. The first kappa shape index (κ1) is 25.8. The molecule has 3 heterocycles. The van der Waals surface area contributed by atoms with Crippen LogP contribution in [0.4, 0.5) is 0 Å². The molecule has 0 radical (unpaired) electrons. The molecule has 0 aliphatic carbocycles. The predicted octanol–water partition coefficient (Wildman–Crippen LogP) is 3.56. The average Bonchev–Trinajstić information content (AvgIpc) is 3.28. The van der Waals surface area contributed by atoms with Crippen LogP contribution in [0, 0.1) is 0 Å². The van der Waals surface area contributed by atoms with Gasteiger partial charge in [0, 0.05) is 43.6 Å². The zero-order valence-corrected chi connectivity index (χ0v) is 21.8. The highest BCUT2D eigenvalue weighted by Crippen LogP contribution is 2.26. The lowest BCUT2D eigenvalue weighted by molar-refractivity contribution is 0.0186. The normalized spacial score (nSPS) is 22.3. The van der Waals surface area contributed by atoms with E-state index < -0.39 is 0 Å². The molecular weight excluding hydrogens is 509 g/mol. The molecule has 2 atom stereocenters. The van der Waals surface area contributed by atoms with E-state index in [1.54, 1.807) is 0 Å². The standard InChI is InChI=1S/C22H39N5OS.HI/c1-3-23-22(24-10-7-12-26-11-5-4-8-19(26)2)25-18-20(21-9-6-17-29-21)27-13-15-28-16-14-27;/h6,9,17,19-20H,3-5,7-8,10-16,18H2,1-2H3,(H2,23,24,25);1H. The van der Waals surface area contributed by atoms with E-state index in [9.17, 15) is 0 Å². The summed E-state index contributed by atoms with van der Waals surface area (Å²) in [6.07, 6.45) is 5.25. The second kappa shape index (κ2) is 14.6. The minimum absolute atomic E-state index is 0. The van der Waals surface area contributed by atoms with Crippen LogP contribution in [-0.4, -0.2) is 80.8 Å². The van der Waals surface area contributed by atoms with Crippen LogP contribution in [0.1, 0.15) is 50.4 Å². The summed E-state index contributed by atoms with van der Waals surface area (Å²) < 4.78 is 5.55. The fourth-order valence-electron chi connectivity index (χ4n) is 4.25. The lowest BCUT2D eigenvalue weighted by atomic mass is 10.0. The first-order chi connectivity index (χ1) is 14.3. The van der Waals surface area contributed by atoms with Crippen molar-refractivity contribution in [1.82, 2.24) is 20.4 Å². The van der Waals surface area contributed by atoms with Gasteiger partial charge in [0.15, 0.2) is 5.96 Å². The first-order valence-corrected chi connectivity index (χ1v) is 12.3. The average molecular weight is 550 g/mol. The zero-order chi connectivity index (χ0) is 20.3. The second-order valence-corrected chi connectivity index (χ2v) is 9.04. The van der Waals surface area contributed by atoms with Gasteiger partial charge in [-0.3, -0.25) is 9.89 Å². The van der Waals surface area contributed by atoms with E-state index in [0.717, 1.165) is 64.4 Å². The van der Waals surface area contributed by atoms with Crippen LogP contribution < -0.4 is 10.6 Å². The van der Waals surface area contributed by atoms with Gasteiger partial charge >= 0.3 is 0 Å². The van der Waals surface area contributed by atoms with E-state index >= 15 is 0 Å². The minimum Gasteiger partial charge on any atom is -0.379 e. The number of hydrogen-bond donors (Lipinski definition) is 2. The summed E-state index contributed by atoms with van der Waals surface area (Å²) in [5.74, 6) is 0.939. The molecule has 2 aliphatic rings. The van der Waals surface area contributed by atoms with E-state index in [2.05, 4.69) is 51.8 Å². The molecule has 2 aliphatic heterocycles. The van der Waals surface area contributed by atoms with Crippen molar-refractivity contribution in [1.29, 1.82) is 0 Å². The molecular formula is C22H40IN5OS. The SMILES string of the molecule is CCNC(=NCC(c1cccs1)N1CCOCC1)NCCCN1CCCCC1C.I. The van der Waals surface area contributed by atoms with Gasteiger partial charge in [-0.25, -0.2) is 0 Å². The molecule has 0 aromatic carbocycles. The summed E-state index contributed by atoms with van der Waals surface area (Å²) in [7, 11) is 0. The van der Waals surface area contributed by atoms with Gasteiger partial charge in [-0.05, 0) is 51.1 Å². The number of guanidine groups is 1. The summed E-state index contributed by atoms with van der Waals surface area (Å²) in [6.45, 7) is 13.2. The molecule has 1 aromatic heterocycles. The first-order valence-electron chi connectivity index (χ1n) is 11.4. The summed E-state index contributed by atoms with van der Waals surface area (Å²) in [4.78, 5) is 11.5. The molecule has 2 unspecified atom stereocenters. The van der Waals surface area contributed by atoms with Crippen molar-refractivity contribution in [3.05, 3.63) is 22.4 Å². The molecule has 2 fully saturated rings. The summed E-state index contributed by atoms with van der Waals surface area (Å²) in [6, 6.07) is 5.46. The van der Waals surface area contributed by atoms with Crippen molar-refractivity contribution < 1.29 is 4.74 Å². The van der Waals surface area contributed by atoms with Crippen LogP contribution in [0.2, 0.25) is 0 Å². The summed E-state index contributed by atoms with van der Waals surface area (Å²) >= 11 is 1.83. The maximum Gasteiger partial charge on any atom is 0.191 e. The van der Waals surface area contributed by atoms with Gasteiger partial charge in [0.25, 0.3) is 0 Å². The number of hydrogen-bond acceptors (Lipinski definition) is 5.